The van der Waals surface area contributed by atoms with Gasteiger partial charge < -0.3 is 10.4 Å². The highest BCUT2D eigenvalue weighted by molar-refractivity contribution is 5.37. The maximum Gasteiger partial charge on any atom is 0.141 e. The first-order valence-corrected chi connectivity index (χ1v) is 6.14. The quantitative estimate of drug-likeness (QED) is 0.850. The summed E-state index contributed by atoms with van der Waals surface area (Å²) in [5.74, 6) is 0.893. The second-order valence-electron chi connectivity index (χ2n) is 5.13. The Labute approximate surface area is 101 Å². The zero-order valence-electron chi connectivity index (χ0n) is 10.1. The average molecular weight is 238 g/mol. The monoisotopic (exact) mass is 238 g/mol. The molecule has 1 saturated carbocycles. The van der Waals surface area contributed by atoms with Crippen LogP contribution in [0.5, 0.6) is 0 Å². The molecule has 4 heteroatoms. The van der Waals surface area contributed by atoms with Crippen LogP contribution in [0, 0.1) is 11.7 Å². The Balaban J connectivity index is 2.10. The Bertz CT molecular complexity index is 368. The van der Waals surface area contributed by atoms with Crippen molar-refractivity contribution in [3.8, 4) is 0 Å². The van der Waals surface area contributed by atoms with E-state index in [2.05, 4.69) is 17.2 Å². The standard InChI is InChI=1S/C13H19FN2O/c1-10-3-2-6-13(7-10,9-17)16-12-5-4-11(14)8-15-12/h4-5,8,10,17H,2-3,6-7,9H2,1H3,(H,15,16). The van der Waals surface area contributed by atoms with Crippen molar-refractivity contribution in [1.29, 1.82) is 0 Å². The van der Waals surface area contributed by atoms with E-state index >= 15 is 0 Å². The van der Waals surface area contributed by atoms with Crippen LogP contribution in [0.15, 0.2) is 18.3 Å². The lowest BCUT2D eigenvalue weighted by molar-refractivity contribution is 0.149. The van der Waals surface area contributed by atoms with Crippen molar-refractivity contribution in [2.75, 3.05) is 11.9 Å². The molecule has 1 aliphatic carbocycles. The molecule has 3 nitrogen and oxygen atoms in total. The lowest BCUT2D eigenvalue weighted by atomic mass is 9.77. The Morgan fingerprint density at radius 1 is 1.59 bits per heavy atom. The molecule has 1 aromatic rings. The van der Waals surface area contributed by atoms with Crippen molar-refractivity contribution in [3.05, 3.63) is 24.1 Å². The molecule has 1 heterocycles. The van der Waals surface area contributed by atoms with Crippen LogP contribution >= 0.6 is 0 Å². The number of halogens is 1. The highest BCUT2D eigenvalue weighted by atomic mass is 19.1. The summed E-state index contributed by atoms with van der Waals surface area (Å²) in [6, 6.07) is 3.00. The molecule has 94 valence electrons. The fourth-order valence-corrected chi connectivity index (χ4v) is 2.68. The molecule has 2 rings (SSSR count). The molecule has 17 heavy (non-hydrogen) atoms. The minimum atomic E-state index is -0.342. The molecule has 2 unspecified atom stereocenters. The van der Waals surface area contributed by atoms with Crippen LogP contribution in [0.25, 0.3) is 0 Å². The van der Waals surface area contributed by atoms with Gasteiger partial charge in [-0.15, -0.1) is 0 Å². The second kappa shape index (κ2) is 5.00. The van der Waals surface area contributed by atoms with E-state index in [1.54, 1.807) is 6.07 Å². The van der Waals surface area contributed by atoms with E-state index in [9.17, 15) is 9.50 Å². The molecule has 0 amide bonds. The van der Waals surface area contributed by atoms with Crippen molar-refractivity contribution >= 4 is 5.82 Å². The van der Waals surface area contributed by atoms with Gasteiger partial charge in [-0.3, -0.25) is 0 Å². The Morgan fingerprint density at radius 2 is 2.41 bits per heavy atom. The minimum absolute atomic E-state index is 0.0936. The number of hydrogen-bond acceptors (Lipinski definition) is 3. The van der Waals surface area contributed by atoms with E-state index in [1.807, 2.05) is 0 Å². The minimum Gasteiger partial charge on any atom is -0.394 e. The van der Waals surface area contributed by atoms with Crippen LogP contribution in [0.2, 0.25) is 0 Å². The first-order chi connectivity index (χ1) is 8.13. The van der Waals surface area contributed by atoms with Gasteiger partial charge in [-0.25, -0.2) is 9.37 Å². The summed E-state index contributed by atoms with van der Waals surface area (Å²) in [5.41, 5.74) is -0.289. The van der Waals surface area contributed by atoms with Gasteiger partial charge in [0.25, 0.3) is 0 Å². The Morgan fingerprint density at radius 3 is 3.00 bits per heavy atom. The number of nitrogens with zero attached hydrogens (tertiary/aromatic N) is 1. The summed E-state index contributed by atoms with van der Waals surface area (Å²) in [5, 5.41) is 12.9. The number of hydrogen-bond donors (Lipinski definition) is 2. The maximum atomic E-state index is 12.8. The van der Waals surface area contributed by atoms with Crippen molar-refractivity contribution < 1.29 is 9.50 Å². The number of nitrogens with one attached hydrogen (secondary N) is 1. The van der Waals surface area contributed by atoms with Gasteiger partial charge in [0.15, 0.2) is 0 Å². The predicted octanol–water partition coefficient (Wildman–Crippen LogP) is 2.57. The molecular weight excluding hydrogens is 219 g/mol. The van der Waals surface area contributed by atoms with E-state index in [-0.39, 0.29) is 18.0 Å². The van der Waals surface area contributed by atoms with Gasteiger partial charge in [-0.05, 0) is 30.9 Å². The third-order valence-corrected chi connectivity index (χ3v) is 3.51. The molecule has 0 saturated heterocycles. The van der Waals surface area contributed by atoms with Gasteiger partial charge in [0.2, 0.25) is 0 Å². The molecule has 0 bridgehead atoms. The smallest absolute Gasteiger partial charge is 0.141 e. The molecule has 2 atom stereocenters. The number of rotatable bonds is 3. The van der Waals surface area contributed by atoms with Crippen molar-refractivity contribution in [2.24, 2.45) is 5.92 Å². The molecular formula is C13H19FN2O. The van der Waals surface area contributed by atoms with Crippen molar-refractivity contribution in [2.45, 2.75) is 38.1 Å². The number of pyridine rings is 1. The van der Waals surface area contributed by atoms with Crippen LogP contribution in [0.3, 0.4) is 0 Å². The zero-order valence-corrected chi connectivity index (χ0v) is 10.1. The summed E-state index contributed by atoms with van der Waals surface area (Å²) in [4.78, 5) is 3.99. The van der Waals surface area contributed by atoms with E-state index in [4.69, 9.17) is 0 Å². The summed E-state index contributed by atoms with van der Waals surface area (Å²) in [7, 11) is 0. The summed E-state index contributed by atoms with van der Waals surface area (Å²) < 4.78 is 12.8. The third kappa shape index (κ3) is 2.94. The fourth-order valence-electron chi connectivity index (χ4n) is 2.68. The van der Waals surface area contributed by atoms with Gasteiger partial charge in [0.05, 0.1) is 18.3 Å². The van der Waals surface area contributed by atoms with Gasteiger partial charge in [0.1, 0.15) is 11.6 Å². The van der Waals surface area contributed by atoms with E-state index in [0.29, 0.717) is 11.7 Å². The molecule has 0 spiro atoms. The SMILES string of the molecule is CC1CCCC(CO)(Nc2ccc(F)cn2)C1. The van der Waals surface area contributed by atoms with E-state index < -0.39 is 0 Å². The maximum absolute atomic E-state index is 12.8. The number of aliphatic hydroxyl groups is 1. The van der Waals surface area contributed by atoms with Gasteiger partial charge in [0, 0.05) is 0 Å². The van der Waals surface area contributed by atoms with Crippen molar-refractivity contribution in [1.82, 2.24) is 4.98 Å². The van der Waals surface area contributed by atoms with Crippen LogP contribution in [0.1, 0.15) is 32.6 Å². The van der Waals surface area contributed by atoms with Gasteiger partial charge >= 0.3 is 0 Å². The number of anilines is 1. The topological polar surface area (TPSA) is 45.1 Å². The van der Waals surface area contributed by atoms with Crippen LogP contribution in [-0.4, -0.2) is 22.2 Å². The summed E-state index contributed by atoms with van der Waals surface area (Å²) in [6.07, 6.45) is 5.38. The Kier molecular flexibility index (Phi) is 3.62. The first kappa shape index (κ1) is 12.3. The average Bonchev–Trinajstić information content (AvgIpc) is 2.32. The van der Waals surface area contributed by atoms with Crippen LogP contribution in [0.4, 0.5) is 10.2 Å². The molecule has 1 aromatic heterocycles. The van der Waals surface area contributed by atoms with Crippen LogP contribution < -0.4 is 5.32 Å². The van der Waals surface area contributed by atoms with E-state index in [1.165, 1.54) is 18.7 Å². The lowest BCUT2D eigenvalue weighted by Gasteiger charge is -2.39. The second-order valence-corrected chi connectivity index (χ2v) is 5.13. The fraction of sp³-hybridized carbons (Fsp3) is 0.615. The Hall–Kier alpha value is -1.16. The molecule has 1 aliphatic rings. The summed E-state index contributed by atoms with van der Waals surface area (Å²) >= 11 is 0. The number of aliphatic hydroxyl groups excluding tert-OH is 1. The first-order valence-electron chi connectivity index (χ1n) is 6.14. The normalized spacial score (nSPS) is 29.0. The number of aromatic nitrogens is 1. The molecule has 1 fully saturated rings. The molecule has 0 aromatic carbocycles. The van der Waals surface area contributed by atoms with E-state index in [0.717, 1.165) is 19.3 Å². The molecule has 2 N–H and O–H groups in total. The lowest BCUT2D eigenvalue weighted by Crippen LogP contribution is -2.46. The van der Waals surface area contributed by atoms with Gasteiger partial charge in [-0.1, -0.05) is 19.8 Å². The molecule has 0 aliphatic heterocycles. The largest absolute Gasteiger partial charge is 0.394 e. The van der Waals surface area contributed by atoms with Crippen LogP contribution in [-0.2, 0) is 0 Å². The summed E-state index contributed by atoms with van der Waals surface area (Å²) in [6.45, 7) is 2.29. The van der Waals surface area contributed by atoms with Gasteiger partial charge in [-0.2, -0.15) is 0 Å². The van der Waals surface area contributed by atoms with Crippen molar-refractivity contribution in [3.63, 3.8) is 0 Å². The highest BCUT2D eigenvalue weighted by Gasteiger charge is 2.34. The highest BCUT2D eigenvalue weighted by Crippen LogP contribution is 2.34. The zero-order chi connectivity index (χ0) is 12.3. The molecule has 0 radical (unpaired) electrons. The third-order valence-electron chi connectivity index (χ3n) is 3.51. The predicted molar refractivity (Wildman–Crippen MR) is 65.3 cm³/mol.